The number of rotatable bonds is 10. The van der Waals surface area contributed by atoms with Crippen LogP contribution in [0.3, 0.4) is 0 Å². The summed E-state index contributed by atoms with van der Waals surface area (Å²) >= 11 is 5.61. The van der Waals surface area contributed by atoms with Gasteiger partial charge >= 0.3 is 5.97 Å². The van der Waals surface area contributed by atoms with E-state index in [1.165, 1.54) is 39.0 Å². The van der Waals surface area contributed by atoms with Gasteiger partial charge in [0.25, 0.3) is 0 Å². The topological polar surface area (TPSA) is 26.3 Å². The number of unbranched alkanes of at least 4 members (excludes halogenated alkanes) is 7. The Labute approximate surface area is 122 Å². The molecule has 1 atom stereocenters. The van der Waals surface area contributed by atoms with Crippen molar-refractivity contribution < 1.29 is 9.53 Å². The number of carbonyl (C=O) groups excluding carboxylic acids is 1. The van der Waals surface area contributed by atoms with Crippen molar-refractivity contribution in [3.8, 4) is 11.8 Å². The largest absolute Gasteiger partial charge is 0.445 e. The smallest absolute Gasteiger partial charge is 0.304 e. The molecule has 0 bridgehead atoms. The van der Waals surface area contributed by atoms with Crippen LogP contribution >= 0.6 is 11.6 Å². The standard InChI is InChI=1S/C16H25ClO2/c1-3-16(19-15(2)18)13-11-9-7-5-4-6-8-10-12-14-17/h3,16H,1,4-10,12,14H2,2H3. The van der Waals surface area contributed by atoms with Crippen LogP contribution in [0.2, 0.25) is 0 Å². The Morgan fingerprint density at radius 2 is 1.79 bits per heavy atom. The van der Waals surface area contributed by atoms with Gasteiger partial charge < -0.3 is 4.74 Å². The Morgan fingerprint density at radius 1 is 1.21 bits per heavy atom. The molecule has 2 nitrogen and oxygen atoms in total. The van der Waals surface area contributed by atoms with Crippen LogP contribution in [0, 0.1) is 11.8 Å². The number of ether oxygens (including phenoxy) is 1. The van der Waals surface area contributed by atoms with E-state index in [1.807, 2.05) is 0 Å². The number of carbonyl (C=O) groups is 1. The fourth-order valence-electron chi connectivity index (χ4n) is 1.68. The maximum Gasteiger partial charge on any atom is 0.304 e. The molecule has 0 saturated carbocycles. The molecule has 3 heteroatoms. The fourth-order valence-corrected chi connectivity index (χ4v) is 1.87. The number of alkyl halides is 1. The number of hydrogen-bond donors (Lipinski definition) is 0. The number of hydrogen-bond acceptors (Lipinski definition) is 2. The van der Waals surface area contributed by atoms with E-state index in [2.05, 4.69) is 18.4 Å². The van der Waals surface area contributed by atoms with Crippen LogP contribution in [0.4, 0.5) is 0 Å². The maximum absolute atomic E-state index is 10.7. The summed E-state index contributed by atoms with van der Waals surface area (Å²) in [7, 11) is 0. The molecule has 0 aliphatic heterocycles. The van der Waals surface area contributed by atoms with E-state index in [4.69, 9.17) is 16.3 Å². The Kier molecular flexibility index (Phi) is 12.8. The average Bonchev–Trinajstić information content (AvgIpc) is 2.39. The van der Waals surface area contributed by atoms with Gasteiger partial charge in [0.15, 0.2) is 6.10 Å². The third-order valence-electron chi connectivity index (χ3n) is 2.69. The summed E-state index contributed by atoms with van der Waals surface area (Å²) in [6, 6.07) is 0. The summed E-state index contributed by atoms with van der Waals surface area (Å²) in [5, 5.41) is 0. The molecule has 0 spiro atoms. The van der Waals surface area contributed by atoms with Gasteiger partial charge in [-0.2, -0.15) is 0 Å². The number of esters is 1. The van der Waals surface area contributed by atoms with Crippen molar-refractivity contribution in [3.05, 3.63) is 12.7 Å². The highest BCUT2D eigenvalue weighted by Crippen LogP contribution is 2.08. The van der Waals surface area contributed by atoms with Crippen LogP contribution in [0.5, 0.6) is 0 Å². The van der Waals surface area contributed by atoms with Crippen molar-refractivity contribution in [1.82, 2.24) is 0 Å². The molecule has 0 amide bonds. The van der Waals surface area contributed by atoms with Gasteiger partial charge in [0.05, 0.1) is 0 Å². The SMILES string of the molecule is C=CC(C#CCCCCCCCCCCl)OC(C)=O. The normalized spacial score (nSPS) is 11.3. The van der Waals surface area contributed by atoms with Crippen LogP contribution in [-0.2, 0) is 9.53 Å². The second-order valence-electron chi connectivity index (χ2n) is 4.50. The first-order chi connectivity index (χ1) is 9.20. The van der Waals surface area contributed by atoms with Gasteiger partial charge in [-0.25, -0.2) is 0 Å². The lowest BCUT2D eigenvalue weighted by molar-refractivity contribution is -0.142. The molecule has 0 aromatic heterocycles. The average molecular weight is 285 g/mol. The first kappa shape index (κ1) is 18.1. The monoisotopic (exact) mass is 284 g/mol. The first-order valence-electron chi connectivity index (χ1n) is 7.05. The summed E-state index contributed by atoms with van der Waals surface area (Å²) in [4.78, 5) is 10.7. The predicted molar refractivity (Wildman–Crippen MR) is 81.2 cm³/mol. The van der Waals surface area contributed by atoms with Crippen molar-refractivity contribution in [1.29, 1.82) is 0 Å². The molecule has 1 unspecified atom stereocenters. The zero-order valence-corrected chi connectivity index (χ0v) is 12.7. The minimum Gasteiger partial charge on any atom is -0.445 e. The van der Waals surface area contributed by atoms with Crippen molar-refractivity contribution >= 4 is 17.6 Å². The molecule has 0 aromatic carbocycles. The van der Waals surface area contributed by atoms with Gasteiger partial charge in [0.2, 0.25) is 0 Å². The zero-order chi connectivity index (χ0) is 14.3. The summed E-state index contributed by atoms with van der Waals surface area (Å²) in [6.45, 7) is 4.97. The lowest BCUT2D eigenvalue weighted by atomic mass is 10.1. The molecular formula is C16H25ClO2. The lowest BCUT2D eigenvalue weighted by Gasteiger charge is -2.04. The van der Waals surface area contributed by atoms with Crippen LogP contribution in [0.25, 0.3) is 0 Å². The predicted octanol–water partition coefficient (Wildman–Crippen LogP) is 4.47. The Bertz CT molecular complexity index is 302. The molecule has 0 radical (unpaired) electrons. The molecule has 0 aromatic rings. The van der Waals surface area contributed by atoms with Gasteiger partial charge in [-0.15, -0.1) is 11.6 Å². The van der Waals surface area contributed by atoms with Crippen molar-refractivity contribution in [2.24, 2.45) is 0 Å². The highest BCUT2D eigenvalue weighted by Gasteiger charge is 2.01. The van der Waals surface area contributed by atoms with E-state index in [-0.39, 0.29) is 5.97 Å². The Morgan fingerprint density at radius 3 is 2.32 bits per heavy atom. The highest BCUT2D eigenvalue weighted by atomic mass is 35.5. The van der Waals surface area contributed by atoms with Gasteiger partial charge in [-0.05, 0) is 18.9 Å². The molecule has 0 rings (SSSR count). The van der Waals surface area contributed by atoms with Gasteiger partial charge in [-0.3, -0.25) is 4.79 Å². The van der Waals surface area contributed by atoms with E-state index in [0.29, 0.717) is 0 Å². The van der Waals surface area contributed by atoms with Gasteiger partial charge in [0.1, 0.15) is 0 Å². The quantitative estimate of drug-likeness (QED) is 0.195. The molecule has 0 N–H and O–H groups in total. The molecule has 0 heterocycles. The summed E-state index contributed by atoms with van der Waals surface area (Å²) in [5.74, 6) is 6.39. The van der Waals surface area contributed by atoms with Crippen LogP contribution in [0.15, 0.2) is 12.7 Å². The van der Waals surface area contributed by atoms with Gasteiger partial charge in [0, 0.05) is 19.2 Å². The molecule has 0 aliphatic rings. The molecule has 0 aliphatic carbocycles. The fraction of sp³-hybridized carbons (Fsp3) is 0.688. The van der Waals surface area contributed by atoms with E-state index < -0.39 is 6.10 Å². The molecule has 19 heavy (non-hydrogen) atoms. The van der Waals surface area contributed by atoms with Crippen LogP contribution in [0.1, 0.15) is 58.3 Å². The summed E-state index contributed by atoms with van der Waals surface area (Å²) < 4.78 is 4.94. The van der Waals surface area contributed by atoms with Crippen LogP contribution in [-0.4, -0.2) is 18.0 Å². The zero-order valence-electron chi connectivity index (χ0n) is 11.9. The van der Waals surface area contributed by atoms with Crippen LogP contribution < -0.4 is 0 Å². The summed E-state index contributed by atoms with van der Waals surface area (Å²) in [6.07, 6.45) is 10.5. The lowest BCUT2D eigenvalue weighted by Crippen LogP contribution is -2.10. The van der Waals surface area contributed by atoms with Crippen molar-refractivity contribution in [3.63, 3.8) is 0 Å². The van der Waals surface area contributed by atoms with E-state index in [1.54, 1.807) is 6.08 Å². The minimum atomic E-state index is -0.465. The maximum atomic E-state index is 10.7. The Hall–Kier alpha value is -0.940. The minimum absolute atomic E-state index is 0.323. The van der Waals surface area contributed by atoms with E-state index in [0.717, 1.165) is 25.1 Å². The molecule has 0 saturated heterocycles. The first-order valence-corrected chi connectivity index (χ1v) is 7.58. The molecular weight excluding hydrogens is 260 g/mol. The van der Waals surface area contributed by atoms with Crippen molar-refractivity contribution in [2.45, 2.75) is 64.4 Å². The van der Waals surface area contributed by atoms with E-state index >= 15 is 0 Å². The molecule has 108 valence electrons. The van der Waals surface area contributed by atoms with Gasteiger partial charge in [-0.1, -0.05) is 50.5 Å². The second-order valence-corrected chi connectivity index (χ2v) is 4.88. The second kappa shape index (κ2) is 13.5. The number of halogens is 1. The highest BCUT2D eigenvalue weighted by molar-refractivity contribution is 6.17. The molecule has 0 fully saturated rings. The summed E-state index contributed by atoms with van der Waals surface area (Å²) in [5.41, 5.74) is 0. The van der Waals surface area contributed by atoms with Crippen molar-refractivity contribution in [2.75, 3.05) is 5.88 Å². The Balaban J connectivity index is 3.47. The third-order valence-corrected chi connectivity index (χ3v) is 2.95. The van der Waals surface area contributed by atoms with E-state index in [9.17, 15) is 4.79 Å². The third kappa shape index (κ3) is 13.3.